The molecule has 2 aromatic rings. The largest absolute Gasteiger partial charge is 0.296 e. The van der Waals surface area contributed by atoms with Gasteiger partial charge in [0.1, 0.15) is 5.82 Å². The van der Waals surface area contributed by atoms with Gasteiger partial charge in [0.25, 0.3) is 0 Å². The van der Waals surface area contributed by atoms with Crippen molar-refractivity contribution in [1.29, 1.82) is 0 Å². The average molecular weight is 375 g/mol. The van der Waals surface area contributed by atoms with Crippen molar-refractivity contribution in [3.05, 3.63) is 28.0 Å². The van der Waals surface area contributed by atoms with Gasteiger partial charge in [-0.3, -0.25) is 9.69 Å². The highest BCUT2D eigenvalue weighted by molar-refractivity contribution is 9.10. The third-order valence-corrected chi connectivity index (χ3v) is 4.39. The zero-order valence-corrected chi connectivity index (χ0v) is 13.4. The monoisotopic (exact) mass is 373 g/mol. The average Bonchev–Trinajstić information content (AvgIpc) is 2.79. The predicted molar refractivity (Wildman–Crippen MR) is 83.4 cm³/mol. The maximum atomic E-state index is 12.1. The summed E-state index contributed by atoms with van der Waals surface area (Å²) in [4.78, 5) is 22.2. The van der Waals surface area contributed by atoms with Gasteiger partial charge in [-0.1, -0.05) is 15.9 Å². The number of rotatable bonds is 2. The zero-order chi connectivity index (χ0) is 14.3. The van der Waals surface area contributed by atoms with Gasteiger partial charge in [0.05, 0.1) is 5.52 Å². The first-order chi connectivity index (χ1) is 9.58. The lowest BCUT2D eigenvalue weighted by atomic mass is 10.1. The Morgan fingerprint density at radius 2 is 2.20 bits per heavy atom. The lowest BCUT2D eigenvalue weighted by Crippen LogP contribution is -2.26. The van der Waals surface area contributed by atoms with Crippen molar-refractivity contribution >= 4 is 61.8 Å². The van der Waals surface area contributed by atoms with Crippen molar-refractivity contribution in [2.24, 2.45) is 5.92 Å². The molecule has 0 N–H and O–H groups in total. The van der Waals surface area contributed by atoms with E-state index in [4.69, 9.17) is 23.2 Å². The fraction of sp³-hybridized carbons (Fsp3) is 0.308. The molecule has 3 rings (SSSR count). The van der Waals surface area contributed by atoms with Crippen LogP contribution in [0.4, 0.5) is 5.82 Å². The Morgan fingerprint density at radius 3 is 2.90 bits per heavy atom. The molecule has 1 aliphatic rings. The van der Waals surface area contributed by atoms with E-state index >= 15 is 0 Å². The molecule has 2 heterocycles. The van der Waals surface area contributed by atoms with Gasteiger partial charge in [0.15, 0.2) is 0 Å². The highest BCUT2D eigenvalue weighted by atomic mass is 79.9. The third-order valence-electron chi connectivity index (χ3n) is 3.29. The summed E-state index contributed by atoms with van der Waals surface area (Å²) in [5.74, 6) is 1.19. The van der Waals surface area contributed by atoms with E-state index < -0.39 is 0 Å². The number of anilines is 1. The molecule has 1 aromatic carbocycles. The molecular weight excluding hydrogens is 365 g/mol. The molecule has 4 nitrogen and oxygen atoms in total. The second kappa shape index (κ2) is 5.47. The maximum Gasteiger partial charge on any atom is 0.228 e. The molecule has 0 saturated carbocycles. The number of carbonyl (C=O) groups is 1. The minimum Gasteiger partial charge on any atom is -0.296 e. The maximum absolute atomic E-state index is 12.1. The summed E-state index contributed by atoms with van der Waals surface area (Å²) >= 11 is 15.2. The molecule has 1 saturated heterocycles. The fourth-order valence-corrected chi connectivity index (χ4v) is 3.09. The summed E-state index contributed by atoms with van der Waals surface area (Å²) in [6.07, 6.45) is 0.445. The molecule has 0 aliphatic carbocycles. The molecule has 1 amide bonds. The Bertz CT molecular complexity index is 695. The van der Waals surface area contributed by atoms with E-state index in [1.165, 1.54) is 0 Å². The second-order valence-corrected chi connectivity index (χ2v) is 6.27. The first-order valence-electron chi connectivity index (χ1n) is 6.07. The minimum absolute atomic E-state index is 0.0201. The highest BCUT2D eigenvalue weighted by Gasteiger charge is 2.32. The number of fused-ring (bicyclic) bond motifs is 1. The predicted octanol–water partition coefficient (Wildman–Crippen LogP) is 3.64. The van der Waals surface area contributed by atoms with Gasteiger partial charge in [-0.25, -0.2) is 4.98 Å². The lowest BCUT2D eigenvalue weighted by molar-refractivity contribution is -0.117. The van der Waals surface area contributed by atoms with Crippen LogP contribution < -0.4 is 4.90 Å². The smallest absolute Gasteiger partial charge is 0.228 e. The molecule has 1 aromatic heterocycles. The molecule has 20 heavy (non-hydrogen) atoms. The van der Waals surface area contributed by atoms with Crippen molar-refractivity contribution in [2.75, 3.05) is 17.3 Å². The van der Waals surface area contributed by atoms with E-state index in [9.17, 15) is 4.79 Å². The van der Waals surface area contributed by atoms with E-state index in [1.807, 2.05) is 18.2 Å². The first kappa shape index (κ1) is 14.0. The topological polar surface area (TPSA) is 46.1 Å². The van der Waals surface area contributed by atoms with E-state index in [-0.39, 0.29) is 17.1 Å². The SMILES string of the molecule is O=C1CC(CCl)CN1c1nc(Cl)nc2ccc(Br)cc12. The standard InChI is InChI=1S/C13H10BrCl2N3O/c14-8-1-2-10-9(4-8)12(18-13(16)17-10)19-6-7(5-15)3-11(19)20/h1-2,4,7H,3,5-6H2. The molecule has 0 bridgehead atoms. The lowest BCUT2D eigenvalue weighted by Gasteiger charge is -2.17. The van der Waals surface area contributed by atoms with Crippen molar-refractivity contribution in [1.82, 2.24) is 9.97 Å². The molecule has 1 unspecified atom stereocenters. The second-order valence-electron chi connectivity index (χ2n) is 4.71. The van der Waals surface area contributed by atoms with Crippen molar-refractivity contribution in [3.63, 3.8) is 0 Å². The molecular formula is C13H10BrCl2N3O. The number of nitrogens with zero attached hydrogens (tertiary/aromatic N) is 3. The van der Waals surface area contributed by atoms with Crippen LogP contribution in [0.25, 0.3) is 10.9 Å². The molecule has 0 radical (unpaired) electrons. The van der Waals surface area contributed by atoms with Gasteiger partial charge >= 0.3 is 0 Å². The summed E-state index contributed by atoms with van der Waals surface area (Å²) in [5, 5.41) is 0.935. The molecule has 104 valence electrons. The quantitative estimate of drug-likeness (QED) is 0.595. The van der Waals surface area contributed by atoms with E-state index in [1.54, 1.807) is 4.90 Å². The number of hydrogen-bond donors (Lipinski definition) is 0. The normalized spacial score (nSPS) is 19.1. The van der Waals surface area contributed by atoms with Crippen molar-refractivity contribution in [3.8, 4) is 0 Å². The number of alkyl halides is 1. The molecule has 7 heteroatoms. The Morgan fingerprint density at radius 1 is 1.40 bits per heavy atom. The van der Waals surface area contributed by atoms with E-state index in [2.05, 4.69) is 25.9 Å². The van der Waals surface area contributed by atoms with Crippen LogP contribution in [0.3, 0.4) is 0 Å². The zero-order valence-electron chi connectivity index (χ0n) is 10.3. The van der Waals surface area contributed by atoms with Crippen LogP contribution in [-0.4, -0.2) is 28.3 Å². The van der Waals surface area contributed by atoms with Gasteiger partial charge in [0, 0.05) is 28.7 Å². The highest BCUT2D eigenvalue weighted by Crippen LogP contribution is 2.32. The van der Waals surface area contributed by atoms with Gasteiger partial charge in [-0.2, -0.15) is 4.98 Å². The van der Waals surface area contributed by atoms with Crippen LogP contribution >= 0.6 is 39.1 Å². The molecule has 1 aliphatic heterocycles. The van der Waals surface area contributed by atoms with Crippen LogP contribution in [0, 0.1) is 5.92 Å². The van der Waals surface area contributed by atoms with Gasteiger partial charge in [-0.05, 0) is 35.7 Å². The van der Waals surface area contributed by atoms with Gasteiger partial charge in [0.2, 0.25) is 11.2 Å². The van der Waals surface area contributed by atoms with Crippen LogP contribution in [0.2, 0.25) is 5.28 Å². The number of hydrogen-bond acceptors (Lipinski definition) is 3. The summed E-state index contributed by atoms with van der Waals surface area (Å²) in [5.41, 5.74) is 0.713. The fourth-order valence-electron chi connectivity index (χ4n) is 2.35. The summed E-state index contributed by atoms with van der Waals surface area (Å²) in [6.45, 7) is 0.567. The number of benzene rings is 1. The number of halogens is 3. The Hall–Kier alpha value is -0.910. The number of amides is 1. The summed E-state index contributed by atoms with van der Waals surface area (Å²) in [7, 11) is 0. The number of carbonyl (C=O) groups excluding carboxylic acids is 1. The third kappa shape index (κ3) is 2.50. The van der Waals surface area contributed by atoms with Crippen molar-refractivity contribution in [2.45, 2.75) is 6.42 Å². The van der Waals surface area contributed by atoms with E-state index in [0.29, 0.717) is 30.2 Å². The Balaban J connectivity index is 2.15. The van der Waals surface area contributed by atoms with Gasteiger partial charge < -0.3 is 0 Å². The Kier molecular flexibility index (Phi) is 3.84. The molecule has 1 atom stereocenters. The van der Waals surface area contributed by atoms with Crippen LogP contribution in [0.15, 0.2) is 22.7 Å². The van der Waals surface area contributed by atoms with Crippen LogP contribution in [-0.2, 0) is 4.79 Å². The molecule has 1 fully saturated rings. The first-order valence-corrected chi connectivity index (χ1v) is 7.78. The van der Waals surface area contributed by atoms with Crippen LogP contribution in [0.5, 0.6) is 0 Å². The minimum atomic E-state index is 0.0201. The van der Waals surface area contributed by atoms with Gasteiger partial charge in [-0.15, -0.1) is 11.6 Å². The van der Waals surface area contributed by atoms with Crippen molar-refractivity contribution < 1.29 is 4.79 Å². The van der Waals surface area contributed by atoms with E-state index in [0.717, 1.165) is 9.86 Å². The summed E-state index contributed by atoms with van der Waals surface area (Å²) < 4.78 is 0.901. The summed E-state index contributed by atoms with van der Waals surface area (Å²) in [6, 6.07) is 5.61. The Labute approximate surface area is 134 Å². The molecule has 0 spiro atoms. The number of aromatic nitrogens is 2. The van der Waals surface area contributed by atoms with Crippen LogP contribution in [0.1, 0.15) is 6.42 Å².